The molecule has 0 aliphatic rings. The topological polar surface area (TPSA) is 20.2 Å². The minimum absolute atomic E-state index is 0.0738. The van der Waals surface area contributed by atoms with Crippen molar-refractivity contribution in [1.82, 2.24) is 0 Å². The van der Waals surface area contributed by atoms with E-state index in [2.05, 4.69) is 6.07 Å². The number of benzene rings is 1. The van der Waals surface area contributed by atoms with Gasteiger partial charge in [0, 0.05) is 14.8 Å². The summed E-state index contributed by atoms with van der Waals surface area (Å²) in [4.78, 5) is 2.31. The Kier molecular flexibility index (Phi) is 3.78. The van der Waals surface area contributed by atoms with Crippen LogP contribution in [0.5, 0.6) is 0 Å². The second-order valence-corrected chi connectivity index (χ2v) is 4.85. The lowest BCUT2D eigenvalue weighted by Gasteiger charge is -1.96. The standard InChI is InChI=1S/C13H11ClOS/c14-11-4-1-3-10(9-11)13-7-6-12(16-13)5-2-8-15/h1-7,9,15H,8H2. The van der Waals surface area contributed by atoms with Crippen molar-refractivity contribution in [2.75, 3.05) is 6.61 Å². The molecule has 1 N–H and O–H groups in total. The average Bonchev–Trinajstić information content (AvgIpc) is 2.75. The zero-order valence-corrected chi connectivity index (χ0v) is 10.1. The number of rotatable bonds is 3. The quantitative estimate of drug-likeness (QED) is 0.871. The molecule has 0 fully saturated rings. The van der Waals surface area contributed by atoms with Gasteiger partial charge in [-0.25, -0.2) is 0 Å². The van der Waals surface area contributed by atoms with Gasteiger partial charge in [-0.3, -0.25) is 0 Å². The lowest BCUT2D eigenvalue weighted by atomic mass is 10.2. The van der Waals surface area contributed by atoms with Gasteiger partial charge in [-0.15, -0.1) is 11.3 Å². The van der Waals surface area contributed by atoms with Crippen LogP contribution < -0.4 is 0 Å². The van der Waals surface area contributed by atoms with E-state index in [9.17, 15) is 0 Å². The molecule has 1 aromatic heterocycles. The maximum Gasteiger partial charge on any atom is 0.0615 e. The summed E-state index contributed by atoms with van der Waals surface area (Å²) in [6, 6.07) is 11.9. The molecule has 2 rings (SSSR count). The first-order chi connectivity index (χ1) is 7.79. The van der Waals surface area contributed by atoms with E-state index in [0.29, 0.717) is 0 Å². The highest BCUT2D eigenvalue weighted by molar-refractivity contribution is 7.16. The fourth-order valence-electron chi connectivity index (χ4n) is 1.41. The highest BCUT2D eigenvalue weighted by Gasteiger charge is 2.01. The molecular formula is C13H11ClOS. The van der Waals surface area contributed by atoms with Gasteiger partial charge < -0.3 is 5.11 Å². The Hall–Kier alpha value is -1.09. The molecule has 16 heavy (non-hydrogen) atoms. The van der Waals surface area contributed by atoms with Crippen LogP contribution in [0.2, 0.25) is 5.02 Å². The van der Waals surface area contributed by atoms with Crippen molar-refractivity contribution in [3.05, 3.63) is 52.4 Å². The molecule has 0 amide bonds. The molecule has 0 saturated heterocycles. The third kappa shape index (κ3) is 2.73. The smallest absolute Gasteiger partial charge is 0.0615 e. The Balaban J connectivity index is 2.28. The average molecular weight is 251 g/mol. The first-order valence-corrected chi connectivity index (χ1v) is 6.12. The molecule has 82 valence electrons. The summed E-state index contributed by atoms with van der Waals surface area (Å²) in [7, 11) is 0. The van der Waals surface area contributed by atoms with Crippen molar-refractivity contribution in [2.24, 2.45) is 0 Å². The van der Waals surface area contributed by atoms with E-state index in [0.717, 1.165) is 15.5 Å². The van der Waals surface area contributed by atoms with Crippen molar-refractivity contribution in [1.29, 1.82) is 0 Å². The van der Waals surface area contributed by atoms with Crippen molar-refractivity contribution in [2.45, 2.75) is 0 Å². The number of thiophene rings is 1. The van der Waals surface area contributed by atoms with Crippen LogP contribution >= 0.6 is 22.9 Å². The van der Waals surface area contributed by atoms with Gasteiger partial charge in [-0.2, -0.15) is 0 Å². The summed E-state index contributed by atoms with van der Waals surface area (Å²) in [5.41, 5.74) is 1.13. The summed E-state index contributed by atoms with van der Waals surface area (Å²) in [6.07, 6.45) is 3.65. The summed E-state index contributed by atoms with van der Waals surface area (Å²) in [5.74, 6) is 0. The van der Waals surface area contributed by atoms with Crippen LogP contribution in [-0.2, 0) is 0 Å². The minimum Gasteiger partial charge on any atom is -0.392 e. The number of halogens is 1. The van der Waals surface area contributed by atoms with E-state index in [4.69, 9.17) is 16.7 Å². The van der Waals surface area contributed by atoms with E-state index in [1.165, 1.54) is 4.88 Å². The van der Waals surface area contributed by atoms with Gasteiger partial charge in [0.25, 0.3) is 0 Å². The summed E-state index contributed by atoms with van der Waals surface area (Å²) in [6.45, 7) is 0.0738. The van der Waals surface area contributed by atoms with E-state index in [1.807, 2.05) is 36.4 Å². The number of aliphatic hydroxyl groups excluding tert-OH is 1. The number of aliphatic hydroxyl groups is 1. The molecule has 0 atom stereocenters. The molecule has 1 aromatic carbocycles. The highest BCUT2D eigenvalue weighted by Crippen LogP contribution is 2.30. The van der Waals surface area contributed by atoms with Gasteiger partial charge >= 0.3 is 0 Å². The van der Waals surface area contributed by atoms with Crippen LogP contribution in [0.4, 0.5) is 0 Å². The maximum atomic E-state index is 8.69. The predicted octanol–water partition coefficient (Wildman–Crippen LogP) is 4.07. The molecule has 0 saturated carbocycles. The van der Waals surface area contributed by atoms with Crippen LogP contribution in [0.1, 0.15) is 4.88 Å². The van der Waals surface area contributed by atoms with E-state index >= 15 is 0 Å². The molecule has 0 aliphatic carbocycles. The predicted molar refractivity (Wildman–Crippen MR) is 70.9 cm³/mol. The molecule has 0 spiro atoms. The van der Waals surface area contributed by atoms with E-state index < -0.39 is 0 Å². The van der Waals surface area contributed by atoms with Gasteiger partial charge in [0.1, 0.15) is 0 Å². The Labute approximate surface area is 104 Å². The molecule has 0 bridgehead atoms. The Morgan fingerprint density at radius 1 is 1.25 bits per heavy atom. The first-order valence-electron chi connectivity index (χ1n) is 4.93. The van der Waals surface area contributed by atoms with Gasteiger partial charge in [0.05, 0.1) is 6.61 Å². The molecule has 0 radical (unpaired) electrons. The number of hydrogen-bond acceptors (Lipinski definition) is 2. The van der Waals surface area contributed by atoms with Crippen molar-refractivity contribution in [3.63, 3.8) is 0 Å². The molecule has 1 nitrogen and oxygen atoms in total. The van der Waals surface area contributed by atoms with Crippen LogP contribution in [0, 0.1) is 0 Å². The van der Waals surface area contributed by atoms with Crippen LogP contribution in [0.25, 0.3) is 16.5 Å². The third-order valence-electron chi connectivity index (χ3n) is 2.12. The molecular weight excluding hydrogens is 240 g/mol. The van der Waals surface area contributed by atoms with Crippen molar-refractivity contribution >= 4 is 29.0 Å². The van der Waals surface area contributed by atoms with E-state index in [1.54, 1.807) is 17.4 Å². The van der Waals surface area contributed by atoms with E-state index in [-0.39, 0.29) is 6.61 Å². The number of hydrogen-bond donors (Lipinski definition) is 1. The fraction of sp³-hybridized carbons (Fsp3) is 0.0769. The molecule has 0 unspecified atom stereocenters. The normalized spacial score (nSPS) is 11.1. The second kappa shape index (κ2) is 5.30. The maximum absolute atomic E-state index is 8.69. The summed E-state index contributed by atoms with van der Waals surface area (Å²) < 4.78 is 0. The molecule has 2 aromatic rings. The SMILES string of the molecule is OCC=Cc1ccc(-c2cccc(Cl)c2)s1. The molecule has 0 aliphatic heterocycles. The lowest BCUT2D eigenvalue weighted by molar-refractivity contribution is 0.343. The Bertz CT molecular complexity index is 502. The van der Waals surface area contributed by atoms with Crippen molar-refractivity contribution < 1.29 is 5.11 Å². The van der Waals surface area contributed by atoms with Crippen LogP contribution in [-0.4, -0.2) is 11.7 Å². The Morgan fingerprint density at radius 2 is 2.12 bits per heavy atom. The summed E-state index contributed by atoms with van der Waals surface area (Å²) >= 11 is 7.62. The largest absolute Gasteiger partial charge is 0.392 e. The summed E-state index contributed by atoms with van der Waals surface area (Å²) in [5, 5.41) is 9.44. The third-order valence-corrected chi connectivity index (χ3v) is 3.46. The van der Waals surface area contributed by atoms with Gasteiger partial charge in [0.15, 0.2) is 0 Å². The van der Waals surface area contributed by atoms with Crippen LogP contribution in [0.3, 0.4) is 0 Å². The fourth-order valence-corrected chi connectivity index (χ4v) is 2.53. The van der Waals surface area contributed by atoms with Gasteiger partial charge in [0.2, 0.25) is 0 Å². The van der Waals surface area contributed by atoms with Gasteiger partial charge in [-0.1, -0.05) is 29.8 Å². The highest BCUT2D eigenvalue weighted by atomic mass is 35.5. The monoisotopic (exact) mass is 250 g/mol. The second-order valence-electron chi connectivity index (χ2n) is 3.30. The molecule has 1 heterocycles. The van der Waals surface area contributed by atoms with Crippen molar-refractivity contribution in [3.8, 4) is 10.4 Å². The first kappa shape index (κ1) is 11.4. The zero-order chi connectivity index (χ0) is 11.4. The molecule has 3 heteroatoms. The van der Waals surface area contributed by atoms with Crippen LogP contribution in [0.15, 0.2) is 42.5 Å². The minimum atomic E-state index is 0.0738. The zero-order valence-electron chi connectivity index (χ0n) is 8.56. The Morgan fingerprint density at radius 3 is 2.88 bits per heavy atom. The lowest BCUT2D eigenvalue weighted by Crippen LogP contribution is -1.70. The van der Waals surface area contributed by atoms with Gasteiger partial charge in [-0.05, 0) is 35.9 Å².